The molecule has 0 N–H and O–H groups in total. The van der Waals surface area contributed by atoms with Crippen LogP contribution in [0.25, 0.3) is 11.0 Å². The van der Waals surface area contributed by atoms with Crippen LogP contribution in [-0.4, -0.2) is 57.3 Å². The lowest BCUT2D eigenvalue weighted by atomic mass is 10.1. The summed E-state index contributed by atoms with van der Waals surface area (Å²) in [5.74, 6) is 0.973. The lowest BCUT2D eigenvalue weighted by molar-refractivity contribution is 0.0538. The van der Waals surface area contributed by atoms with E-state index in [4.69, 9.17) is 0 Å². The van der Waals surface area contributed by atoms with Gasteiger partial charge in [-0.2, -0.15) is 0 Å². The molecule has 7 heteroatoms. The van der Waals surface area contributed by atoms with Crippen molar-refractivity contribution in [2.24, 2.45) is 7.05 Å². The molecule has 1 aliphatic rings. The van der Waals surface area contributed by atoms with E-state index >= 15 is 0 Å². The summed E-state index contributed by atoms with van der Waals surface area (Å²) in [6.45, 7) is 4.18. The van der Waals surface area contributed by atoms with Crippen molar-refractivity contribution in [3.8, 4) is 0 Å². The van der Waals surface area contributed by atoms with Gasteiger partial charge in [0.2, 0.25) is 0 Å². The smallest absolute Gasteiger partial charge is 0.264 e. The van der Waals surface area contributed by atoms with Crippen molar-refractivity contribution in [3.05, 3.63) is 52.0 Å². The molecule has 26 heavy (non-hydrogen) atoms. The molecule has 0 bridgehead atoms. The molecule has 134 valence electrons. The Bertz CT molecular complexity index is 969. The summed E-state index contributed by atoms with van der Waals surface area (Å²) in [6.07, 6.45) is 0. The van der Waals surface area contributed by atoms with Crippen LogP contribution in [0.4, 0.5) is 0 Å². The number of imidazole rings is 1. The third kappa shape index (κ3) is 2.88. The van der Waals surface area contributed by atoms with Crippen LogP contribution in [0.2, 0.25) is 0 Å². The maximum atomic E-state index is 12.8. The van der Waals surface area contributed by atoms with Crippen LogP contribution in [0.1, 0.15) is 25.9 Å². The molecule has 3 aromatic rings. The Balaban J connectivity index is 1.46. The normalized spacial score (nSPS) is 14.8. The summed E-state index contributed by atoms with van der Waals surface area (Å²) >= 11 is 1.45. The highest BCUT2D eigenvalue weighted by Gasteiger charge is 2.26. The minimum Gasteiger partial charge on any atom is -0.335 e. The largest absolute Gasteiger partial charge is 0.335 e. The second-order valence-electron chi connectivity index (χ2n) is 6.48. The zero-order chi connectivity index (χ0) is 18.3. The minimum atomic E-state index is -0.00145. The number of aryl methyl sites for hydroxylation is 2. The van der Waals surface area contributed by atoms with Gasteiger partial charge in [0.1, 0.15) is 5.82 Å². The molecule has 3 heterocycles. The lowest BCUT2D eigenvalue weighted by Gasteiger charge is -2.34. The molecule has 6 nitrogen and oxygen atoms in total. The molecule has 1 fully saturated rings. The number of hydrogen-bond donors (Lipinski definition) is 0. The molecule has 0 aliphatic carbocycles. The molecule has 1 aromatic carbocycles. The molecule has 0 saturated carbocycles. The van der Waals surface area contributed by atoms with Crippen molar-refractivity contribution in [1.29, 1.82) is 0 Å². The fourth-order valence-corrected chi connectivity index (χ4v) is 4.00. The second kappa shape index (κ2) is 6.57. The molecule has 1 aliphatic heterocycles. The predicted molar refractivity (Wildman–Crippen MR) is 102 cm³/mol. The number of carbonyl (C=O) groups excluding carboxylic acids is 2. The van der Waals surface area contributed by atoms with Gasteiger partial charge in [-0.25, -0.2) is 4.98 Å². The van der Waals surface area contributed by atoms with Crippen molar-refractivity contribution in [3.63, 3.8) is 0 Å². The molecular formula is C19H20N4O2S. The SMILES string of the molecule is Cc1nc2cc(C(=O)N3CCN(C(=O)c4cccs4)CC3)ccc2n1C. The fourth-order valence-electron chi connectivity index (χ4n) is 3.30. The van der Waals surface area contributed by atoms with E-state index in [2.05, 4.69) is 4.98 Å². The van der Waals surface area contributed by atoms with E-state index in [1.807, 2.05) is 64.1 Å². The van der Waals surface area contributed by atoms with Crippen molar-refractivity contribution >= 4 is 34.2 Å². The monoisotopic (exact) mass is 368 g/mol. The molecule has 4 rings (SSSR count). The summed E-state index contributed by atoms with van der Waals surface area (Å²) in [4.78, 5) is 34.1. The van der Waals surface area contributed by atoms with E-state index in [-0.39, 0.29) is 11.8 Å². The van der Waals surface area contributed by atoms with Gasteiger partial charge in [-0.05, 0) is 36.6 Å². The molecule has 2 amide bonds. The zero-order valence-corrected chi connectivity index (χ0v) is 15.6. The van der Waals surface area contributed by atoms with Gasteiger partial charge in [0.25, 0.3) is 11.8 Å². The second-order valence-corrected chi connectivity index (χ2v) is 7.43. The van der Waals surface area contributed by atoms with Crippen molar-refractivity contribution in [2.75, 3.05) is 26.2 Å². The van der Waals surface area contributed by atoms with Crippen LogP contribution in [0.5, 0.6) is 0 Å². The highest BCUT2D eigenvalue weighted by Crippen LogP contribution is 2.19. The quantitative estimate of drug-likeness (QED) is 0.698. The van der Waals surface area contributed by atoms with Gasteiger partial charge in [0.05, 0.1) is 15.9 Å². The van der Waals surface area contributed by atoms with E-state index in [9.17, 15) is 9.59 Å². The molecule has 0 atom stereocenters. The summed E-state index contributed by atoms with van der Waals surface area (Å²) in [5, 5.41) is 1.91. The Morgan fingerprint density at radius 2 is 1.73 bits per heavy atom. The lowest BCUT2D eigenvalue weighted by Crippen LogP contribution is -2.50. The average molecular weight is 368 g/mol. The number of amides is 2. The maximum absolute atomic E-state index is 12.8. The van der Waals surface area contributed by atoms with E-state index in [0.717, 1.165) is 21.7 Å². The number of piperazine rings is 1. The molecule has 0 spiro atoms. The van der Waals surface area contributed by atoms with Gasteiger partial charge in [-0.15, -0.1) is 11.3 Å². The number of rotatable bonds is 2. The maximum Gasteiger partial charge on any atom is 0.264 e. The Morgan fingerprint density at radius 3 is 2.38 bits per heavy atom. The summed E-state index contributed by atoms with van der Waals surface area (Å²) in [6, 6.07) is 9.38. The van der Waals surface area contributed by atoms with Gasteiger partial charge in [-0.1, -0.05) is 6.07 Å². The Labute approximate surface area is 155 Å². The van der Waals surface area contributed by atoms with E-state index < -0.39 is 0 Å². The number of aromatic nitrogens is 2. The van der Waals surface area contributed by atoms with E-state index in [1.54, 1.807) is 0 Å². The van der Waals surface area contributed by atoms with Crippen LogP contribution in [0.3, 0.4) is 0 Å². The van der Waals surface area contributed by atoms with Crippen molar-refractivity contribution in [1.82, 2.24) is 19.4 Å². The standard InChI is InChI=1S/C19H20N4O2S/c1-13-20-15-12-14(5-6-16(15)21(13)2)18(24)22-7-9-23(10-8-22)19(25)17-4-3-11-26-17/h3-6,11-12H,7-10H2,1-2H3. The molecular weight excluding hydrogens is 348 g/mol. The Morgan fingerprint density at radius 1 is 1.04 bits per heavy atom. The molecule has 0 radical (unpaired) electrons. The first kappa shape index (κ1) is 16.8. The number of benzene rings is 1. The Kier molecular flexibility index (Phi) is 4.24. The first-order chi connectivity index (χ1) is 12.5. The third-order valence-corrected chi connectivity index (χ3v) is 5.80. The zero-order valence-electron chi connectivity index (χ0n) is 14.8. The van der Waals surface area contributed by atoms with Crippen LogP contribution < -0.4 is 0 Å². The number of fused-ring (bicyclic) bond motifs is 1. The van der Waals surface area contributed by atoms with Gasteiger partial charge in [0, 0.05) is 38.8 Å². The van der Waals surface area contributed by atoms with Gasteiger partial charge in [-0.3, -0.25) is 9.59 Å². The third-order valence-electron chi connectivity index (χ3n) is 4.94. The summed E-state index contributed by atoms with van der Waals surface area (Å²) in [5.41, 5.74) is 2.50. The van der Waals surface area contributed by atoms with Crippen LogP contribution in [-0.2, 0) is 7.05 Å². The van der Waals surface area contributed by atoms with E-state index in [0.29, 0.717) is 31.7 Å². The van der Waals surface area contributed by atoms with E-state index in [1.165, 1.54) is 11.3 Å². The van der Waals surface area contributed by atoms with Crippen LogP contribution in [0, 0.1) is 6.92 Å². The summed E-state index contributed by atoms with van der Waals surface area (Å²) in [7, 11) is 1.97. The summed E-state index contributed by atoms with van der Waals surface area (Å²) < 4.78 is 2.01. The highest BCUT2D eigenvalue weighted by molar-refractivity contribution is 7.12. The van der Waals surface area contributed by atoms with Crippen LogP contribution in [0.15, 0.2) is 35.7 Å². The minimum absolute atomic E-state index is 0.00145. The first-order valence-corrected chi connectivity index (χ1v) is 9.47. The molecule has 1 saturated heterocycles. The number of nitrogens with zero attached hydrogens (tertiary/aromatic N) is 4. The predicted octanol–water partition coefficient (Wildman–Crippen LogP) is 2.54. The fraction of sp³-hybridized carbons (Fsp3) is 0.316. The molecule has 2 aromatic heterocycles. The molecule has 0 unspecified atom stereocenters. The average Bonchev–Trinajstić information content (AvgIpc) is 3.29. The Hall–Kier alpha value is -2.67. The van der Waals surface area contributed by atoms with Gasteiger partial charge < -0.3 is 14.4 Å². The number of thiophene rings is 1. The van der Waals surface area contributed by atoms with Gasteiger partial charge in [0.15, 0.2) is 0 Å². The topological polar surface area (TPSA) is 58.4 Å². The highest BCUT2D eigenvalue weighted by atomic mass is 32.1. The number of carbonyl (C=O) groups is 2. The van der Waals surface area contributed by atoms with Gasteiger partial charge >= 0.3 is 0 Å². The van der Waals surface area contributed by atoms with Crippen LogP contribution >= 0.6 is 11.3 Å². The number of hydrogen-bond acceptors (Lipinski definition) is 4. The van der Waals surface area contributed by atoms with Crippen molar-refractivity contribution in [2.45, 2.75) is 6.92 Å². The van der Waals surface area contributed by atoms with Crippen molar-refractivity contribution < 1.29 is 9.59 Å². The first-order valence-electron chi connectivity index (χ1n) is 8.60.